The Hall–Kier alpha value is -1.95. The van der Waals surface area contributed by atoms with Gasteiger partial charge < -0.3 is 10.5 Å². The van der Waals surface area contributed by atoms with Crippen LogP contribution in [0.25, 0.3) is 0 Å². The van der Waals surface area contributed by atoms with E-state index in [0.717, 1.165) is 11.3 Å². The van der Waals surface area contributed by atoms with Gasteiger partial charge in [-0.25, -0.2) is 9.67 Å². The lowest BCUT2D eigenvalue weighted by atomic mass is 10.0. The van der Waals surface area contributed by atoms with Gasteiger partial charge in [-0.05, 0) is 19.9 Å². The first kappa shape index (κ1) is 12.5. The smallest absolute Gasteiger partial charge is 0.218 e. The summed E-state index contributed by atoms with van der Waals surface area (Å²) in [5.41, 5.74) is 7.18. The zero-order chi connectivity index (χ0) is 13.2. The quantitative estimate of drug-likeness (QED) is 0.869. The molecular formula is C12H17N5O. The van der Waals surface area contributed by atoms with E-state index in [1.807, 2.05) is 32.2 Å². The molecule has 0 saturated heterocycles. The number of methoxy groups -OCH3 is 1. The molecule has 0 radical (unpaired) electrons. The summed E-state index contributed by atoms with van der Waals surface area (Å²) in [5, 5.41) is 8.12. The maximum Gasteiger partial charge on any atom is 0.218 e. The molecule has 0 unspecified atom stereocenters. The lowest BCUT2D eigenvalue weighted by Gasteiger charge is -2.13. The highest BCUT2D eigenvalue weighted by Gasteiger charge is 2.18. The molecule has 0 spiro atoms. The van der Waals surface area contributed by atoms with Crippen molar-refractivity contribution in [3.63, 3.8) is 0 Å². The number of aromatic nitrogens is 4. The van der Waals surface area contributed by atoms with E-state index in [1.165, 1.54) is 0 Å². The first-order valence-corrected chi connectivity index (χ1v) is 5.68. The minimum Gasteiger partial charge on any atom is -0.481 e. The van der Waals surface area contributed by atoms with Crippen molar-refractivity contribution in [2.45, 2.75) is 25.9 Å². The lowest BCUT2D eigenvalue weighted by Crippen LogP contribution is -2.29. The largest absolute Gasteiger partial charge is 0.481 e. The summed E-state index contributed by atoms with van der Waals surface area (Å²) in [4.78, 5) is 4.14. The van der Waals surface area contributed by atoms with E-state index in [-0.39, 0.29) is 0 Å². The molecular weight excluding hydrogens is 230 g/mol. The summed E-state index contributed by atoms with van der Waals surface area (Å²) in [6, 6.07) is 3.81. The average molecular weight is 247 g/mol. The number of hydrogen-bond acceptors (Lipinski definition) is 5. The molecule has 0 saturated carbocycles. The van der Waals surface area contributed by atoms with Gasteiger partial charge in [0.25, 0.3) is 0 Å². The van der Waals surface area contributed by atoms with E-state index in [4.69, 9.17) is 10.5 Å². The van der Waals surface area contributed by atoms with Gasteiger partial charge in [-0.3, -0.25) is 0 Å². The Morgan fingerprint density at radius 3 is 2.83 bits per heavy atom. The van der Waals surface area contributed by atoms with Crippen molar-refractivity contribution in [3.8, 4) is 5.88 Å². The lowest BCUT2D eigenvalue weighted by molar-refractivity contribution is 0.390. The summed E-state index contributed by atoms with van der Waals surface area (Å²) >= 11 is 0. The number of nitrogens with zero attached hydrogens (tertiary/aromatic N) is 4. The summed E-state index contributed by atoms with van der Waals surface area (Å²) in [6.45, 7) is 4.35. The molecule has 0 atom stereocenters. The molecule has 2 heterocycles. The van der Waals surface area contributed by atoms with Crippen LogP contribution in [0.15, 0.2) is 24.5 Å². The van der Waals surface area contributed by atoms with Gasteiger partial charge >= 0.3 is 0 Å². The SMILES string of the molecule is COc1ncccc1Cn1cc(C(C)(C)N)nn1. The number of ether oxygens (including phenoxy) is 1. The van der Waals surface area contributed by atoms with Crippen molar-refractivity contribution in [1.82, 2.24) is 20.0 Å². The highest BCUT2D eigenvalue weighted by atomic mass is 16.5. The number of rotatable bonds is 4. The van der Waals surface area contributed by atoms with Gasteiger partial charge in [-0.15, -0.1) is 5.10 Å². The van der Waals surface area contributed by atoms with Crippen LogP contribution in [-0.4, -0.2) is 27.1 Å². The van der Waals surface area contributed by atoms with Gasteiger partial charge in [0.1, 0.15) is 5.69 Å². The van der Waals surface area contributed by atoms with Crippen LogP contribution >= 0.6 is 0 Å². The Morgan fingerprint density at radius 1 is 1.44 bits per heavy atom. The van der Waals surface area contributed by atoms with Crippen molar-refractivity contribution in [1.29, 1.82) is 0 Å². The van der Waals surface area contributed by atoms with E-state index in [9.17, 15) is 0 Å². The Labute approximate surface area is 106 Å². The van der Waals surface area contributed by atoms with Crippen LogP contribution in [0.1, 0.15) is 25.1 Å². The Balaban J connectivity index is 2.22. The molecule has 2 aromatic rings. The van der Waals surface area contributed by atoms with E-state index < -0.39 is 5.54 Å². The van der Waals surface area contributed by atoms with Crippen molar-refractivity contribution >= 4 is 0 Å². The molecule has 0 aliphatic heterocycles. The van der Waals surface area contributed by atoms with E-state index in [1.54, 1.807) is 18.0 Å². The summed E-state index contributed by atoms with van der Waals surface area (Å²) < 4.78 is 6.92. The summed E-state index contributed by atoms with van der Waals surface area (Å²) in [5.74, 6) is 0.599. The highest BCUT2D eigenvalue weighted by molar-refractivity contribution is 5.25. The van der Waals surface area contributed by atoms with Gasteiger partial charge in [0.05, 0.1) is 25.4 Å². The van der Waals surface area contributed by atoms with Crippen LogP contribution < -0.4 is 10.5 Å². The second kappa shape index (κ2) is 4.73. The van der Waals surface area contributed by atoms with Crippen LogP contribution in [-0.2, 0) is 12.1 Å². The molecule has 0 fully saturated rings. The zero-order valence-corrected chi connectivity index (χ0v) is 10.8. The van der Waals surface area contributed by atoms with Crippen molar-refractivity contribution < 1.29 is 4.74 Å². The Morgan fingerprint density at radius 2 is 2.22 bits per heavy atom. The standard InChI is InChI=1S/C12H17N5O/c1-12(2,13)10-8-17(16-15-10)7-9-5-4-6-14-11(9)18-3/h4-6,8H,7,13H2,1-3H3. The Bertz CT molecular complexity index is 529. The fourth-order valence-electron chi connectivity index (χ4n) is 1.57. The molecule has 0 aliphatic rings. The number of hydrogen-bond donors (Lipinski definition) is 1. The third kappa shape index (κ3) is 2.65. The maximum absolute atomic E-state index is 5.97. The van der Waals surface area contributed by atoms with Crippen LogP contribution in [0.2, 0.25) is 0 Å². The molecule has 0 bridgehead atoms. The van der Waals surface area contributed by atoms with Gasteiger partial charge in [0, 0.05) is 11.8 Å². The fraction of sp³-hybridized carbons (Fsp3) is 0.417. The van der Waals surface area contributed by atoms with Crippen LogP contribution in [0, 0.1) is 0 Å². The van der Waals surface area contributed by atoms with Gasteiger partial charge in [-0.1, -0.05) is 11.3 Å². The van der Waals surface area contributed by atoms with Gasteiger partial charge in [0.2, 0.25) is 5.88 Å². The summed E-state index contributed by atoms with van der Waals surface area (Å²) in [7, 11) is 1.60. The Kier molecular flexibility index (Phi) is 3.29. The zero-order valence-electron chi connectivity index (χ0n) is 10.8. The molecule has 96 valence electrons. The monoisotopic (exact) mass is 247 g/mol. The maximum atomic E-state index is 5.97. The van der Waals surface area contributed by atoms with E-state index in [0.29, 0.717) is 12.4 Å². The van der Waals surface area contributed by atoms with Crippen LogP contribution in [0.3, 0.4) is 0 Å². The second-order valence-electron chi connectivity index (χ2n) is 4.69. The molecule has 6 heteroatoms. The van der Waals surface area contributed by atoms with Gasteiger partial charge in [0.15, 0.2) is 0 Å². The van der Waals surface area contributed by atoms with E-state index >= 15 is 0 Å². The predicted molar refractivity (Wildman–Crippen MR) is 67.1 cm³/mol. The molecule has 0 amide bonds. The molecule has 0 aliphatic carbocycles. The normalized spacial score (nSPS) is 11.6. The van der Waals surface area contributed by atoms with Crippen molar-refractivity contribution in [2.75, 3.05) is 7.11 Å². The van der Waals surface area contributed by atoms with Crippen LogP contribution in [0.4, 0.5) is 0 Å². The van der Waals surface area contributed by atoms with E-state index in [2.05, 4.69) is 15.3 Å². The minimum atomic E-state index is -0.489. The molecule has 18 heavy (non-hydrogen) atoms. The average Bonchev–Trinajstić information content (AvgIpc) is 2.78. The van der Waals surface area contributed by atoms with Gasteiger partial charge in [-0.2, -0.15) is 0 Å². The predicted octanol–water partition coefficient (Wildman–Crippen LogP) is 0.924. The van der Waals surface area contributed by atoms with Crippen LogP contribution in [0.5, 0.6) is 5.88 Å². The molecule has 6 nitrogen and oxygen atoms in total. The first-order valence-electron chi connectivity index (χ1n) is 5.68. The third-order valence-corrected chi connectivity index (χ3v) is 2.57. The van der Waals surface area contributed by atoms with Crippen molar-refractivity contribution in [2.24, 2.45) is 5.73 Å². The molecule has 0 aromatic carbocycles. The minimum absolute atomic E-state index is 0.489. The second-order valence-corrected chi connectivity index (χ2v) is 4.69. The highest BCUT2D eigenvalue weighted by Crippen LogP contribution is 2.16. The molecule has 2 aromatic heterocycles. The molecule has 2 rings (SSSR count). The fourth-order valence-corrected chi connectivity index (χ4v) is 1.57. The number of pyridine rings is 1. The third-order valence-electron chi connectivity index (χ3n) is 2.57. The topological polar surface area (TPSA) is 78.9 Å². The molecule has 2 N–H and O–H groups in total. The number of nitrogens with two attached hydrogens (primary N) is 1. The van der Waals surface area contributed by atoms with Crippen molar-refractivity contribution in [3.05, 3.63) is 35.8 Å². The first-order chi connectivity index (χ1) is 8.50. The summed E-state index contributed by atoms with van der Waals surface area (Å²) in [6.07, 6.45) is 3.53.